The predicted octanol–water partition coefficient (Wildman–Crippen LogP) is 3.45. The van der Waals surface area contributed by atoms with Crippen molar-refractivity contribution in [1.29, 1.82) is 0 Å². The van der Waals surface area contributed by atoms with Crippen molar-refractivity contribution in [2.45, 2.75) is 46.1 Å². The van der Waals surface area contributed by atoms with Crippen molar-refractivity contribution in [3.8, 4) is 28.8 Å². The lowest BCUT2D eigenvalue weighted by Gasteiger charge is -2.33. The first-order valence-electron chi connectivity index (χ1n) is 11.4. The SMILES string of the molecule is CC#Cc1ccc(-c2nnc(N[C@@H]3CCCN(CCCO)C3)cc2C)c(OCOCC)c1. The summed E-state index contributed by atoms with van der Waals surface area (Å²) in [4.78, 5) is 2.40. The lowest BCUT2D eigenvalue weighted by atomic mass is 10.0. The highest BCUT2D eigenvalue weighted by Crippen LogP contribution is 2.32. The number of likely N-dealkylation sites (tertiary alicyclic amines) is 1. The Morgan fingerprint density at radius 1 is 1.28 bits per heavy atom. The van der Waals surface area contributed by atoms with Crippen LogP contribution in [0.5, 0.6) is 5.75 Å². The molecular weight excluding hydrogens is 404 g/mol. The predicted molar refractivity (Wildman–Crippen MR) is 127 cm³/mol. The summed E-state index contributed by atoms with van der Waals surface area (Å²) in [6, 6.07) is 8.24. The van der Waals surface area contributed by atoms with Crippen molar-refractivity contribution < 1.29 is 14.6 Å². The van der Waals surface area contributed by atoms with E-state index in [1.165, 1.54) is 0 Å². The molecule has 7 heteroatoms. The molecule has 2 heterocycles. The van der Waals surface area contributed by atoms with E-state index in [2.05, 4.69) is 32.3 Å². The largest absolute Gasteiger partial charge is 0.467 e. The van der Waals surface area contributed by atoms with E-state index in [0.717, 1.165) is 67.1 Å². The molecule has 1 aliphatic rings. The highest BCUT2D eigenvalue weighted by molar-refractivity contribution is 5.71. The van der Waals surface area contributed by atoms with Gasteiger partial charge in [-0.15, -0.1) is 16.1 Å². The fraction of sp³-hybridized carbons (Fsp3) is 0.520. The lowest BCUT2D eigenvalue weighted by molar-refractivity contribution is 0.0227. The second-order valence-corrected chi connectivity index (χ2v) is 7.96. The monoisotopic (exact) mass is 438 g/mol. The molecule has 0 unspecified atom stereocenters. The summed E-state index contributed by atoms with van der Waals surface area (Å²) in [5.74, 6) is 7.46. The Hall–Kier alpha value is -2.66. The van der Waals surface area contributed by atoms with Gasteiger partial charge < -0.3 is 24.8 Å². The van der Waals surface area contributed by atoms with E-state index < -0.39 is 0 Å². The summed E-state index contributed by atoms with van der Waals surface area (Å²) in [5, 5.41) is 21.6. The maximum absolute atomic E-state index is 9.09. The molecule has 1 saturated heterocycles. The third-order valence-corrected chi connectivity index (χ3v) is 5.48. The van der Waals surface area contributed by atoms with Crippen molar-refractivity contribution in [3.05, 3.63) is 35.4 Å². The number of aliphatic hydroxyl groups excluding tert-OH is 1. The molecule has 7 nitrogen and oxygen atoms in total. The molecule has 1 fully saturated rings. The summed E-state index contributed by atoms with van der Waals surface area (Å²) < 4.78 is 11.2. The summed E-state index contributed by atoms with van der Waals surface area (Å²) in [7, 11) is 0. The van der Waals surface area contributed by atoms with Crippen LogP contribution in [0.3, 0.4) is 0 Å². The van der Waals surface area contributed by atoms with Gasteiger partial charge >= 0.3 is 0 Å². The number of hydrogen-bond acceptors (Lipinski definition) is 7. The first-order chi connectivity index (χ1) is 15.6. The van der Waals surface area contributed by atoms with Gasteiger partial charge in [0.05, 0.1) is 5.69 Å². The van der Waals surface area contributed by atoms with Crippen LogP contribution in [0.4, 0.5) is 5.82 Å². The zero-order valence-electron chi connectivity index (χ0n) is 19.4. The number of nitrogens with zero attached hydrogens (tertiary/aromatic N) is 3. The Balaban J connectivity index is 1.76. The fourth-order valence-corrected chi connectivity index (χ4v) is 3.95. The molecule has 0 aliphatic carbocycles. The molecule has 0 bridgehead atoms. The minimum Gasteiger partial charge on any atom is -0.467 e. The molecule has 1 aromatic heterocycles. The van der Waals surface area contributed by atoms with E-state index in [4.69, 9.17) is 14.6 Å². The molecule has 2 N–H and O–H groups in total. The van der Waals surface area contributed by atoms with Gasteiger partial charge in [-0.2, -0.15) is 0 Å². The first-order valence-corrected chi connectivity index (χ1v) is 11.4. The number of aryl methyl sites for hydroxylation is 1. The van der Waals surface area contributed by atoms with Crippen LogP contribution in [-0.4, -0.2) is 65.9 Å². The van der Waals surface area contributed by atoms with Gasteiger partial charge in [0.25, 0.3) is 0 Å². The van der Waals surface area contributed by atoms with E-state index in [1.807, 2.05) is 45.0 Å². The molecule has 0 radical (unpaired) electrons. The zero-order chi connectivity index (χ0) is 22.8. The van der Waals surface area contributed by atoms with Crippen LogP contribution >= 0.6 is 0 Å². The molecule has 3 rings (SSSR count). The number of nitrogens with one attached hydrogen (secondary N) is 1. The maximum atomic E-state index is 9.09. The molecule has 32 heavy (non-hydrogen) atoms. The number of ether oxygens (including phenoxy) is 2. The molecule has 172 valence electrons. The summed E-state index contributed by atoms with van der Waals surface area (Å²) >= 11 is 0. The number of aromatic nitrogens is 2. The Bertz CT molecular complexity index is 939. The number of hydrogen-bond donors (Lipinski definition) is 2. The first kappa shape index (κ1) is 24.0. The second kappa shape index (κ2) is 12.4. The summed E-state index contributed by atoms with van der Waals surface area (Å²) in [6.45, 7) is 9.76. The molecule has 0 spiro atoms. The van der Waals surface area contributed by atoms with Crippen LogP contribution in [0, 0.1) is 18.8 Å². The van der Waals surface area contributed by atoms with Crippen molar-refractivity contribution in [2.75, 3.05) is 45.0 Å². The van der Waals surface area contributed by atoms with Crippen LogP contribution in [0.2, 0.25) is 0 Å². The normalized spacial score (nSPS) is 16.3. The standard InChI is InChI=1S/C25H34N4O3/c1-4-8-20-10-11-22(23(16-20)32-18-31-5-2)25-19(3)15-24(27-28-25)26-21-9-6-12-29(17-21)13-7-14-30/h10-11,15-16,21,30H,5-7,9,12-14,17-18H2,1-3H3,(H,26,27)/t21-/m1/s1. The number of benzene rings is 1. The maximum Gasteiger partial charge on any atom is 0.189 e. The molecule has 0 amide bonds. The van der Waals surface area contributed by atoms with Crippen molar-refractivity contribution in [3.63, 3.8) is 0 Å². The van der Waals surface area contributed by atoms with E-state index in [0.29, 0.717) is 18.4 Å². The van der Waals surface area contributed by atoms with Gasteiger partial charge in [-0.1, -0.05) is 5.92 Å². The minimum atomic E-state index is 0.174. The second-order valence-electron chi connectivity index (χ2n) is 7.96. The zero-order valence-corrected chi connectivity index (χ0v) is 19.4. The topological polar surface area (TPSA) is 79.7 Å². The Kier molecular flexibility index (Phi) is 9.29. The van der Waals surface area contributed by atoms with Crippen molar-refractivity contribution in [2.24, 2.45) is 0 Å². The van der Waals surface area contributed by atoms with Gasteiger partial charge in [0, 0.05) is 43.5 Å². The van der Waals surface area contributed by atoms with E-state index >= 15 is 0 Å². The molecular formula is C25H34N4O3. The third kappa shape index (κ3) is 6.67. The van der Waals surface area contributed by atoms with Gasteiger partial charge in [0.1, 0.15) is 11.6 Å². The van der Waals surface area contributed by atoms with Crippen LogP contribution in [0.1, 0.15) is 44.2 Å². The minimum absolute atomic E-state index is 0.174. The summed E-state index contributed by atoms with van der Waals surface area (Å²) in [6.07, 6.45) is 3.06. The van der Waals surface area contributed by atoms with E-state index in [1.54, 1.807) is 0 Å². The van der Waals surface area contributed by atoms with E-state index in [9.17, 15) is 0 Å². The van der Waals surface area contributed by atoms with Gasteiger partial charge in [0.15, 0.2) is 6.79 Å². The average molecular weight is 439 g/mol. The number of anilines is 1. The molecule has 1 aromatic carbocycles. The smallest absolute Gasteiger partial charge is 0.189 e. The lowest BCUT2D eigenvalue weighted by Crippen LogP contribution is -2.42. The Morgan fingerprint density at radius 3 is 2.91 bits per heavy atom. The van der Waals surface area contributed by atoms with Crippen molar-refractivity contribution >= 4 is 5.82 Å². The Morgan fingerprint density at radius 2 is 2.16 bits per heavy atom. The average Bonchev–Trinajstić information content (AvgIpc) is 2.79. The third-order valence-electron chi connectivity index (χ3n) is 5.48. The number of rotatable bonds is 10. The molecule has 1 aliphatic heterocycles. The molecule has 2 aromatic rings. The van der Waals surface area contributed by atoms with Gasteiger partial charge in [0.2, 0.25) is 0 Å². The quantitative estimate of drug-likeness (QED) is 0.334. The fourth-order valence-electron chi connectivity index (χ4n) is 3.95. The summed E-state index contributed by atoms with van der Waals surface area (Å²) in [5.41, 5.74) is 3.56. The van der Waals surface area contributed by atoms with Crippen LogP contribution in [-0.2, 0) is 4.74 Å². The van der Waals surface area contributed by atoms with Crippen LogP contribution in [0.15, 0.2) is 24.3 Å². The number of aliphatic hydroxyl groups is 1. The van der Waals surface area contributed by atoms with Gasteiger partial charge in [-0.05, 0) is 76.4 Å². The molecule has 0 saturated carbocycles. The van der Waals surface area contributed by atoms with Crippen LogP contribution in [0.25, 0.3) is 11.3 Å². The highest BCUT2D eigenvalue weighted by atomic mass is 16.7. The highest BCUT2D eigenvalue weighted by Gasteiger charge is 2.20. The van der Waals surface area contributed by atoms with Gasteiger partial charge in [-0.3, -0.25) is 0 Å². The number of piperidine rings is 1. The van der Waals surface area contributed by atoms with Crippen molar-refractivity contribution in [1.82, 2.24) is 15.1 Å². The van der Waals surface area contributed by atoms with Crippen LogP contribution < -0.4 is 10.1 Å². The Labute approximate surface area is 191 Å². The van der Waals surface area contributed by atoms with Gasteiger partial charge in [-0.25, -0.2) is 0 Å². The van der Waals surface area contributed by atoms with E-state index in [-0.39, 0.29) is 13.4 Å². The molecule has 1 atom stereocenters.